The van der Waals surface area contributed by atoms with Gasteiger partial charge in [0.1, 0.15) is 5.02 Å². The molecule has 1 amide bonds. The molecule has 20 heavy (non-hydrogen) atoms. The number of hydrogen-bond acceptors (Lipinski definition) is 5. The van der Waals surface area contributed by atoms with Crippen LogP contribution in [-0.4, -0.2) is 42.3 Å². The number of aliphatic hydroxyl groups excluding tert-OH is 1. The highest BCUT2D eigenvalue weighted by atomic mass is 35.5. The first kappa shape index (κ1) is 16.4. The van der Waals surface area contributed by atoms with Crippen molar-refractivity contribution in [1.29, 1.82) is 0 Å². The summed E-state index contributed by atoms with van der Waals surface area (Å²) in [6.45, 7) is 1.01. The van der Waals surface area contributed by atoms with Crippen LogP contribution in [0.15, 0.2) is 18.2 Å². The van der Waals surface area contributed by atoms with Crippen molar-refractivity contribution in [2.75, 3.05) is 26.4 Å². The number of ether oxygens (including phenoxy) is 1. The lowest BCUT2D eigenvalue weighted by Gasteiger charge is -2.06. The first-order valence-corrected chi connectivity index (χ1v) is 6.34. The number of nitrogens with zero attached hydrogens (tertiary/aromatic N) is 1. The molecular formula is C12H15ClN2O5. The Morgan fingerprint density at radius 3 is 2.85 bits per heavy atom. The van der Waals surface area contributed by atoms with Crippen molar-refractivity contribution in [2.24, 2.45) is 0 Å². The van der Waals surface area contributed by atoms with Gasteiger partial charge in [-0.3, -0.25) is 14.9 Å². The van der Waals surface area contributed by atoms with E-state index < -0.39 is 10.8 Å². The fourth-order valence-electron chi connectivity index (χ4n) is 1.44. The van der Waals surface area contributed by atoms with Crippen LogP contribution in [0.25, 0.3) is 0 Å². The highest BCUT2D eigenvalue weighted by molar-refractivity contribution is 6.32. The lowest BCUT2D eigenvalue weighted by molar-refractivity contribution is -0.384. The van der Waals surface area contributed by atoms with Gasteiger partial charge in [0, 0.05) is 24.8 Å². The summed E-state index contributed by atoms with van der Waals surface area (Å²) in [7, 11) is 0. The van der Waals surface area contributed by atoms with Crippen LogP contribution in [0, 0.1) is 10.1 Å². The summed E-state index contributed by atoms with van der Waals surface area (Å²) in [5.41, 5.74) is -0.122. The van der Waals surface area contributed by atoms with E-state index in [1.807, 2.05) is 0 Å². The third-order valence-electron chi connectivity index (χ3n) is 2.39. The van der Waals surface area contributed by atoms with Crippen molar-refractivity contribution in [2.45, 2.75) is 6.42 Å². The van der Waals surface area contributed by atoms with Gasteiger partial charge in [0.05, 0.1) is 18.1 Å². The van der Waals surface area contributed by atoms with Gasteiger partial charge in [0.15, 0.2) is 0 Å². The fraction of sp³-hybridized carbons (Fsp3) is 0.417. The molecule has 2 N–H and O–H groups in total. The normalized spacial score (nSPS) is 10.3. The molecule has 0 fully saturated rings. The van der Waals surface area contributed by atoms with Gasteiger partial charge in [-0.05, 0) is 18.6 Å². The Bertz CT molecular complexity index is 481. The Morgan fingerprint density at radius 1 is 1.45 bits per heavy atom. The van der Waals surface area contributed by atoms with Crippen LogP contribution in [0.3, 0.4) is 0 Å². The van der Waals surface area contributed by atoms with Gasteiger partial charge in [-0.1, -0.05) is 11.6 Å². The zero-order valence-electron chi connectivity index (χ0n) is 10.7. The van der Waals surface area contributed by atoms with Crippen molar-refractivity contribution < 1.29 is 19.6 Å². The van der Waals surface area contributed by atoms with Crippen LogP contribution in [0.4, 0.5) is 5.69 Å². The van der Waals surface area contributed by atoms with E-state index in [1.165, 1.54) is 12.1 Å². The molecule has 0 unspecified atom stereocenters. The van der Waals surface area contributed by atoms with E-state index in [0.717, 1.165) is 6.07 Å². The highest BCUT2D eigenvalue weighted by Gasteiger charge is 2.15. The molecule has 0 aliphatic carbocycles. The van der Waals surface area contributed by atoms with Gasteiger partial charge < -0.3 is 15.2 Å². The summed E-state index contributed by atoms with van der Waals surface area (Å²) >= 11 is 5.66. The lowest BCUT2D eigenvalue weighted by Crippen LogP contribution is -2.25. The molecule has 1 aromatic carbocycles. The molecule has 0 saturated carbocycles. The predicted octanol–water partition coefficient (Wildman–Crippen LogP) is 1.38. The summed E-state index contributed by atoms with van der Waals surface area (Å²) < 4.78 is 5.03. The Hall–Kier alpha value is -1.70. The number of benzene rings is 1. The summed E-state index contributed by atoms with van der Waals surface area (Å²) in [5, 5.41) is 21.8. The van der Waals surface area contributed by atoms with E-state index in [9.17, 15) is 14.9 Å². The summed E-state index contributed by atoms with van der Waals surface area (Å²) in [6.07, 6.45) is 0.585. The number of hydrogen-bond donors (Lipinski definition) is 2. The van der Waals surface area contributed by atoms with Crippen molar-refractivity contribution in [1.82, 2.24) is 5.32 Å². The van der Waals surface area contributed by atoms with E-state index in [1.54, 1.807) is 0 Å². The number of carbonyl (C=O) groups excluding carboxylic acids is 1. The monoisotopic (exact) mass is 302 g/mol. The van der Waals surface area contributed by atoms with Crippen LogP contribution >= 0.6 is 11.6 Å². The minimum absolute atomic E-state index is 0.0102. The third-order valence-corrected chi connectivity index (χ3v) is 2.71. The first-order valence-electron chi connectivity index (χ1n) is 5.97. The molecule has 0 radical (unpaired) electrons. The van der Waals surface area contributed by atoms with Crippen molar-refractivity contribution in [3.63, 3.8) is 0 Å². The molecule has 0 aromatic heterocycles. The zero-order valence-corrected chi connectivity index (χ0v) is 11.4. The highest BCUT2D eigenvalue weighted by Crippen LogP contribution is 2.24. The Labute approximate surface area is 120 Å². The predicted molar refractivity (Wildman–Crippen MR) is 73.0 cm³/mol. The van der Waals surface area contributed by atoms with Crippen LogP contribution in [0.1, 0.15) is 16.8 Å². The maximum absolute atomic E-state index is 11.8. The Morgan fingerprint density at radius 2 is 2.20 bits per heavy atom. The van der Waals surface area contributed by atoms with Gasteiger partial charge in [-0.2, -0.15) is 0 Å². The van der Waals surface area contributed by atoms with Crippen molar-refractivity contribution in [3.8, 4) is 0 Å². The summed E-state index contributed by atoms with van der Waals surface area (Å²) in [4.78, 5) is 21.8. The Balaban J connectivity index is 2.47. The molecule has 0 bridgehead atoms. The molecule has 8 heteroatoms. The van der Waals surface area contributed by atoms with Crippen LogP contribution in [0.5, 0.6) is 0 Å². The molecule has 0 atom stereocenters. The second-order valence-corrected chi connectivity index (χ2v) is 4.28. The summed E-state index contributed by atoms with van der Waals surface area (Å²) in [6, 6.07) is 3.88. The van der Waals surface area contributed by atoms with E-state index in [-0.39, 0.29) is 29.5 Å². The third kappa shape index (κ3) is 5.12. The van der Waals surface area contributed by atoms with Crippen LogP contribution < -0.4 is 5.32 Å². The van der Waals surface area contributed by atoms with Gasteiger partial charge >= 0.3 is 0 Å². The second kappa shape index (κ2) is 8.47. The van der Waals surface area contributed by atoms with E-state index >= 15 is 0 Å². The minimum atomic E-state index is -0.637. The zero-order chi connectivity index (χ0) is 15.0. The SMILES string of the molecule is O=C(NCCCOCCO)c1ccc(Cl)c([N+](=O)[O-])c1. The van der Waals surface area contributed by atoms with Gasteiger partial charge in [-0.25, -0.2) is 0 Å². The summed E-state index contributed by atoms with van der Waals surface area (Å²) in [5.74, 6) is -0.410. The van der Waals surface area contributed by atoms with Gasteiger partial charge in [0.2, 0.25) is 0 Å². The molecular weight excluding hydrogens is 288 g/mol. The molecule has 0 aliphatic rings. The average Bonchev–Trinajstić information content (AvgIpc) is 2.42. The number of halogens is 1. The molecule has 7 nitrogen and oxygen atoms in total. The smallest absolute Gasteiger partial charge is 0.288 e. The lowest BCUT2D eigenvalue weighted by atomic mass is 10.2. The number of rotatable bonds is 8. The number of nitrogens with one attached hydrogen (secondary N) is 1. The molecule has 1 rings (SSSR count). The van der Waals surface area contributed by atoms with Crippen LogP contribution in [-0.2, 0) is 4.74 Å². The fourth-order valence-corrected chi connectivity index (χ4v) is 1.63. The maximum atomic E-state index is 11.8. The number of amides is 1. The first-order chi connectivity index (χ1) is 9.56. The average molecular weight is 303 g/mol. The number of nitro groups is 1. The van der Waals surface area contributed by atoms with Gasteiger partial charge in [0.25, 0.3) is 11.6 Å². The largest absolute Gasteiger partial charge is 0.394 e. The molecule has 0 saturated heterocycles. The molecule has 0 spiro atoms. The van der Waals surface area contributed by atoms with Crippen LogP contribution in [0.2, 0.25) is 5.02 Å². The standard InChI is InChI=1S/C12H15ClN2O5/c13-10-3-2-9(8-11(10)15(18)19)12(17)14-4-1-6-20-7-5-16/h2-3,8,16H,1,4-7H2,(H,14,17). The molecule has 0 heterocycles. The minimum Gasteiger partial charge on any atom is -0.394 e. The topological polar surface area (TPSA) is 102 Å². The number of aliphatic hydroxyl groups is 1. The maximum Gasteiger partial charge on any atom is 0.288 e. The van der Waals surface area contributed by atoms with E-state index in [4.69, 9.17) is 21.4 Å². The molecule has 0 aliphatic heterocycles. The molecule has 110 valence electrons. The van der Waals surface area contributed by atoms with Gasteiger partial charge in [-0.15, -0.1) is 0 Å². The number of carbonyl (C=O) groups is 1. The van der Waals surface area contributed by atoms with E-state index in [2.05, 4.69) is 5.32 Å². The van der Waals surface area contributed by atoms with Crippen molar-refractivity contribution >= 4 is 23.2 Å². The van der Waals surface area contributed by atoms with Crippen molar-refractivity contribution in [3.05, 3.63) is 38.9 Å². The van der Waals surface area contributed by atoms with E-state index in [0.29, 0.717) is 19.6 Å². The molecule has 1 aromatic rings. The Kier molecular flexibility index (Phi) is 6.92. The second-order valence-electron chi connectivity index (χ2n) is 3.87. The number of nitro benzene ring substituents is 1. The quantitative estimate of drug-likeness (QED) is 0.429.